The van der Waals surface area contributed by atoms with Crippen LogP contribution in [-0.2, 0) is 4.74 Å². The molecule has 0 spiro atoms. The lowest BCUT2D eigenvalue weighted by molar-refractivity contribution is 0.0148. The van der Waals surface area contributed by atoms with Crippen LogP contribution in [0.2, 0.25) is 0 Å². The molecule has 1 saturated heterocycles. The number of ketones is 1. The van der Waals surface area contributed by atoms with Gasteiger partial charge in [-0.15, -0.1) is 0 Å². The van der Waals surface area contributed by atoms with Gasteiger partial charge in [0.25, 0.3) is 5.91 Å². The highest BCUT2D eigenvalue weighted by Crippen LogP contribution is 2.30. The van der Waals surface area contributed by atoms with Crippen LogP contribution >= 0.6 is 0 Å². The van der Waals surface area contributed by atoms with Gasteiger partial charge < -0.3 is 19.7 Å². The third kappa shape index (κ3) is 5.58. The van der Waals surface area contributed by atoms with Crippen molar-refractivity contribution in [2.45, 2.75) is 58.6 Å². The smallest absolute Gasteiger partial charge is 0.410 e. The number of Topliss-reactive ketones (excluding diaryl/α,β-unsaturated/α-hetero) is 1. The van der Waals surface area contributed by atoms with Crippen LogP contribution in [0.25, 0.3) is 0 Å². The van der Waals surface area contributed by atoms with Gasteiger partial charge in [-0.3, -0.25) is 9.59 Å². The van der Waals surface area contributed by atoms with E-state index in [2.05, 4.69) is 5.32 Å². The fraction of sp³-hybridized carbons (Fsp3) is 0.444. The average molecular weight is 467 g/mol. The molecule has 0 aliphatic carbocycles. The van der Waals surface area contributed by atoms with Crippen LogP contribution in [0.3, 0.4) is 0 Å². The fourth-order valence-corrected chi connectivity index (χ4v) is 4.24. The Balaban J connectivity index is 1.90. The Hall–Kier alpha value is -3.35. The first kappa shape index (κ1) is 25.3. The third-order valence-corrected chi connectivity index (χ3v) is 6.09. The third-order valence-electron chi connectivity index (χ3n) is 6.09. The highest BCUT2D eigenvalue weighted by atomic mass is 16.6. The van der Waals surface area contributed by atoms with Crippen molar-refractivity contribution in [3.63, 3.8) is 0 Å². The van der Waals surface area contributed by atoms with E-state index in [4.69, 9.17) is 9.47 Å². The van der Waals surface area contributed by atoms with Gasteiger partial charge in [-0.2, -0.15) is 0 Å². The number of hydrogen-bond donors (Lipinski definition) is 1. The first-order chi connectivity index (χ1) is 16.0. The molecule has 1 fully saturated rings. The predicted octanol–water partition coefficient (Wildman–Crippen LogP) is 4.69. The predicted molar refractivity (Wildman–Crippen MR) is 130 cm³/mol. The molecule has 0 atom stereocenters. The van der Waals surface area contributed by atoms with Gasteiger partial charge in [0.2, 0.25) is 0 Å². The molecule has 0 aromatic heterocycles. The summed E-state index contributed by atoms with van der Waals surface area (Å²) in [6, 6.07) is 12.6. The Morgan fingerprint density at radius 2 is 1.65 bits per heavy atom. The zero-order chi connectivity index (χ0) is 25.1. The van der Waals surface area contributed by atoms with Crippen molar-refractivity contribution in [2.75, 3.05) is 20.2 Å². The molecule has 182 valence electrons. The van der Waals surface area contributed by atoms with Gasteiger partial charge in [0, 0.05) is 29.8 Å². The Kier molecular flexibility index (Phi) is 7.34. The summed E-state index contributed by atoms with van der Waals surface area (Å²) in [6.07, 6.45) is 0.153. The van der Waals surface area contributed by atoms with Crippen LogP contribution in [0.15, 0.2) is 42.5 Å². The first-order valence-electron chi connectivity index (χ1n) is 11.5. The quantitative estimate of drug-likeness (QED) is 0.646. The van der Waals surface area contributed by atoms with E-state index in [1.54, 1.807) is 36.3 Å². The Labute approximate surface area is 201 Å². The summed E-state index contributed by atoms with van der Waals surface area (Å²) < 4.78 is 10.9. The number of hydrogen-bond acceptors (Lipinski definition) is 5. The van der Waals surface area contributed by atoms with Crippen LogP contribution < -0.4 is 10.1 Å². The molecule has 0 saturated carbocycles. The van der Waals surface area contributed by atoms with Gasteiger partial charge in [0.05, 0.1) is 7.11 Å². The number of likely N-dealkylation sites (tertiary alicyclic amines) is 1. The standard InChI is InChI=1S/C27H34N2O5/c1-18-9-7-10-20(17-18)23(30)27(13-15-29(16-14-27)25(32)34-26(3,4)5)28-24(31)21-11-8-12-22(33-6)19(21)2/h7-12,17H,13-16H2,1-6H3,(H,28,31). The maximum Gasteiger partial charge on any atom is 0.410 e. The summed E-state index contributed by atoms with van der Waals surface area (Å²) in [5.41, 5.74) is 0.896. The molecule has 1 heterocycles. The number of rotatable bonds is 5. The summed E-state index contributed by atoms with van der Waals surface area (Å²) >= 11 is 0. The molecule has 1 N–H and O–H groups in total. The van der Waals surface area contributed by atoms with E-state index in [1.165, 1.54) is 0 Å². The number of ether oxygens (including phenoxy) is 2. The van der Waals surface area contributed by atoms with E-state index >= 15 is 0 Å². The molecule has 0 radical (unpaired) electrons. The molecule has 2 aromatic rings. The van der Waals surface area contributed by atoms with Crippen LogP contribution in [-0.4, -0.2) is 54.0 Å². The van der Waals surface area contributed by atoms with E-state index in [0.29, 0.717) is 35.5 Å². The van der Waals surface area contributed by atoms with Crippen molar-refractivity contribution in [3.05, 3.63) is 64.7 Å². The van der Waals surface area contributed by atoms with Crippen LogP contribution in [0, 0.1) is 13.8 Å². The van der Waals surface area contributed by atoms with E-state index in [-0.39, 0.29) is 24.5 Å². The molecule has 7 heteroatoms. The molecular weight excluding hydrogens is 432 g/mol. The second kappa shape index (κ2) is 9.87. The number of nitrogens with zero attached hydrogens (tertiary/aromatic N) is 1. The number of carbonyl (C=O) groups is 3. The minimum absolute atomic E-state index is 0.158. The number of aryl methyl sites for hydroxylation is 1. The molecule has 0 unspecified atom stereocenters. The highest BCUT2D eigenvalue weighted by molar-refractivity contribution is 6.07. The second-order valence-electron chi connectivity index (χ2n) is 9.84. The number of methoxy groups -OCH3 is 1. The Morgan fingerprint density at radius 3 is 2.24 bits per heavy atom. The van der Waals surface area contributed by atoms with Gasteiger partial charge in [-0.1, -0.05) is 29.8 Å². The molecule has 1 aliphatic heterocycles. The van der Waals surface area contributed by atoms with Crippen LogP contribution in [0.5, 0.6) is 5.75 Å². The molecule has 3 rings (SSSR count). The number of carbonyl (C=O) groups excluding carboxylic acids is 3. The van der Waals surface area contributed by atoms with Crippen molar-refractivity contribution in [1.29, 1.82) is 0 Å². The van der Waals surface area contributed by atoms with Crippen LogP contribution in [0.4, 0.5) is 4.79 Å². The molecule has 1 aliphatic rings. The monoisotopic (exact) mass is 466 g/mol. The van der Waals surface area contributed by atoms with Gasteiger partial charge >= 0.3 is 6.09 Å². The van der Waals surface area contributed by atoms with E-state index < -0.39 is 17.2 Å². The lowest BCUT2D eigenvalue weighted by Crippen LogP contribution is -2.61. The first-order valence-corrected chi connectivity index (χ1v) is 11.5. The zero-order valence-electron chi connectivity index (χ0n) is 20.9. The largest absolute Gasteiger partial charge is 0.496 e. The van der Waals surface area contributed by atoms with Crippen molar-refractivity contribution in [1.82, 2.24) is 10.2 Å². The summed E-state index contributed by atoms with van der Waals surface area (Å²) in [6.45, 7) is 9.78. The van der Waals surface area contributed by atoms with E-state index in [9.17, 15) is 14.4 Å². The molecule has 0 bridgehead atoms. The van der Waals surface area contributed by atoms with E-state index in [0.717, 1.165) is 5.56 Å². The Bertz CT molecular complexity index is 1080. The topological polar surface area (TPSA) is 84.9 Å². The molecule has 34 heavy (non-hydrogen) atoms. The van der Waals surface area contributed by atoms with Gasteiger partial charge in [0.15, 0.2) is 5.78 Å². The van der Waals surface area contributed by atoms with Gasteiger partial charge in [0.1, 0.15) is 16.9 Å². The Morgan fingerprint density at radius 1 is 1.00 bits per heavy atom. The number of benzene rings is 2. The summed E-state index contributed by atoms with van der Waals surface area (Å²) in [5.74, 6) is 0.100. The SMILES string of the molecule is COc1cccc(C(=O)NC2(C(=O)c3cccc(C)c3)CCN(C(=O)OC(C)(C)C)CC2)c1C. The maximum atomic E-state index is 13.8. The molecule has 7 nitrogen and oxygen atoms in total. The van der Waals surface area contributed by atoms with Crippen molar-refractivity contribution < 1.29 is 23.9 Å². The van der Waals surface area contributed by atoms with Crippen molar-refractivity contribution >= 4 is 17.8 Å². The van der Waals surface area contributed by atoms with Gasteiger partial charge in [-0.25, -0.2) is 4.79 Å². The van der Waals surface area contributed by atoms with Gasteiger partial charge in [-0.05, 0) is 65.7 Å². The minimum atomic E-state index is -1.14. The number of amides is 2. The normalized spacial score (nSPS) is 15.4. The highest BCUT2D eigenvalue weighted by Gasteiger charge is 2.44. The summed E-state index contributed by atoms with van der Waals surface area (Å²) in [4.78, 5) is 41.3. The lowest BCUT2D eigenvalue weighted by Gasteiger charge is -2.41. The lowest BCUT2D eigenvalue weighted by atomic mass is 9.80. The average Bonchev–Trinajstić information content (AvgIpc) is 2.78. The number of piperidine rings is 1. The zero-order valence-corrected chi connectivity index (χ0v) is 20.9. The van der Waals surface area contributed by atoms with E-state index in [1.807, 2.05) is 52.8 Å². The number of nitrogens with one attached hydrogen (secondary N) is 1. The summed E-state index contributed by atoms with van der Waals surface area (Å²) in [7, 11) is 1.55. The van der Waals surface area contributed by atoms with Crippen molar-refractivity contribution in [2.24, 2.45) is 0 Å². The fourth-order valence-electron chi connectivity index (χ4n) is 4.24. The molecule has 2 amide bonds. The second-order valence-corrected chi connectivity index (χ2v) is 9.84. The minimum Gasteiger partial charge on any atom is -0.496 e. The van der Waals surface area contributed by atoms with Crippen molar-refractivity contribution in [3.8, 4) is 5.75 Å². The molecule has 2 aromatic carbocycles. The molecular formula is C27H34N2O5. The summed E-state index contributed by atoms with van der Waals surface area (Å²) in [5, 5.41) is 3.04. The maximum absolute atomic E-state index is 13.8. The van der Waals surface area contributed by atoms with Crippen LogP contribution in [0.1, 0.15) is 65.5 Å².